The van der Waals surface area contributed by atoms with Gasteiger partial charge in [0, 0.05) is 26.2 Å². The van der Waals surface area contributed by atoms with Gasteiger partial charge in [0.05, 0.1) is 17.3 Å². The summed E-state index contributed by atoms with van der Waals surface area (Å²) in [5.74, 6) is -0.411. The third kappa shape index (κ3) is 4.45. The largest absolute Gasteiger partial charge is 0.418 e. The Balaban J connectivity index is 2.02. The Morgan fingerprint density at radius 1 is 1.22 bits per heavy atom. The van der Waals surface area contributed by atoms with Crippen LogP contribution in [-0.2, 0) is 11.0 Å². The number of halogens is 3. The van der Waals surface area contributed by atoms with Crippen molar-refractivity contribution < 1.29 is 18.0 Å². The summed E-state index contributed by atoms with van der Waals surface area (Å²) in [6.45, 7) is 7.99. The van der Waals surface area contributed by atoms with E-state index in [0.717, 1.165) is 38.8 Å². The lowest BCUT2D eigenvalue weighted by Crippen LogP contribution is -2.52. The molecule has 1 amide bonds. The molecule has 0 aliphatic carbocycles. The van der Waals surface area contributed by atoms with Crippen LogP contribution in [0, 0.1) is 0 Å². The number of likely N-dealkylation sites (N-methyl/N-ethyl adjacent to an activating group) is 1. The Morgan fingerprint density at radius 2 is 1.83 bits per heavy atom. The van der Waals surface area contributed by atoms with Crippen molar-refractivity contribution >= 4 is 11.6 Å². The second-order valence-electron chi connectivity index (χ2n) is 5.68. The molecule has 1 atom stereocenters. The average molecular weight is 329 g/mol. The van der Waals surface area contributed by atoms with E-state index in [1.165, 1.54) is 18.2 Å². The molecule has 0 aromatic heterocycles. The van der Waals surface area contributed by atoms with Gasteiger partial charge in [-0.15, -0.1) is 0 Å². The molecule has 2 rings (SSSR count). The first kappa shape index (κ1) is 17.7. The van der Waals surface area contributed by atoms with Crippen molar-refractivity contribution in [1.82, 2.24) is 9.80 Å². The van der Waals surface area contributed by atoms with Gasteiger partial charge < -0.3 is 10.2 Å². The zero-order valence-electron chi connectivity index (χ0n) is 13.4. The minimum Gasteiger partial charge on any atom is -0.324 e. The van der Waals surface area contributed by atoms with Gasteiger partial charge in [-0.25, -0.2) is 0 Å². The predicted molar refractivity (Wildman–Crippen MR) is 83.2 cm³/mol. The number of nitrogens with zero attached hydrogens (tertiary/aromatic N) is 2. The van der Waals surface area contributed by atoms with Crippen molar-refractivity contribution in [3.05, 3.63) is 29.8 Å². The third-order valence-electron chi connectivity index (χ3n) is 4.27. The molecule has 0 radical (unpaired) electrons. The Kier molecular flexibility index (Phi) is 5.64. The van der Waals surface area contributed by atoms with Crippen LogP contribution in [0.5, 0.6) is 0 Å². The van der Waals surface area contributed by atoms with E-state index in [-0.39, 0.29) is 5.69 Å². The van der Waals surface area contributed by atoms with E-state index in [9.17, 15) is 18.0 Å². The Morgan fingerprint density at radius 3 is 2.39 bits per heavy atom. The number of alkyl halides is 3. The second-order valence-corrected chi connectivity index (χ2v) is 5.68. The molecule has 1 unspecified atom stereocenters. The summed E-state index contributed by atoms with van der Waals surface area (Å²) in [5, 5.41) is 2.43. The van der Waals surface area contributed by atoms with Gasteiger partial charge in [0.25, 0.3) is 0 Å². The van der Waals surface area contributed by atoms with Crippen molar-refractivity contribution in [3.8, 4) is 0 Å². The predicted octanol–water partition coefficient (Wildman–Crippen LogP) is 2.67. The molecule has 1 saturated heterocycles. The number of anilines is 1. The number of hydrogen-bond acceptors (Lipinski definition) is 3. The van der Waals surface area contributed by atoms with Crippen molar-refractivity contribution in [2.24, 2.45) is 0 Å². The van der Waals surface area contributed by atoms with Crippen molar-refractivity contribution in [1.29, 1.82) is 0 Å². The van der Waals surface area contributed by atoms with Crippen LogP contribution in [0.25, 0.3) is 0 Å². The van der Waals surface area contributed by atoms with Crippen LogP contribution in [-0.4, -0.2) is 54.5 Å². The molecule has 0 saturated carbocycles. The van der Waals surface area contributed by atoms with Crippen LogP contribution >= 0.6 is 0 Å². The number of piperazine rings is 1. The van der Waals surface area contributed by atoms with E-state index in [0.29, 0.717) is 0 Å². The summed E-state index contributed by atoms with van der Waals surface area (Å²) in [5.41, 5.74) is -1.01. The van der Waals surface area contributed by atoms with Crippen LogP contribution in [0.4, 0.5) is 18.9 Å². The summed E-state index contributed by atoms with van der Waals surface area (Å²) in [6.07, 6.45) is -4.49. The maximum Gasteiger partial charge on any atom is 0.418 e. The first-order valence-corrected chi connectivity index (χ1v) is 7.76. The first-order chi connectivity index (χ1) is 10.8. The van der Waals surface area contributed by atoms with Crippen molar-refractivity contribution in [2.75, 3.05) is 38.0 Å². The SMILES string of the molecule is CCN1CCN(C(C)C(=O)Nc2ccccc2C(F)(F)F)CC1. The molecule has 0 bridgehead atoms. The van der Waals surface area contributed by atoms with Crippen LogP contribution in [0.2, 0.25) is 0 Å². The highest BCUT2D eigenvalue weighted by Gasteiger charge is 2.34. The molecular weight excluding hydrogens is 307 g/mol. The van der Waals surface area contributed by atoms with Gasteiger partial charge in [-0.05, 0) is 25.6 Å². The summed E-state index contributed by atoms with van der Waals surface area (Å²) in [7, 11) is 0. The highest BCUT2D eigenvalue weighted by atomic mass is 19.4. The zero-order valence-corrected chi connectivity index (χ0v) is 13.4. The summed E-state index contributed by atoms with van der Waals surface area (Å²) in [4.78, 5) is 16.6. The molecule has 1 N–H and O–H groups in total. The fourth-order valence-corrected chi connectivity index (χ4v) is 2.71. The second kappa shape index (κ2) is 7.31. The van der Waals surface area contributed by atoms with Gasteiger partial charge in [-0.1, -0.05) is 19.1 Å². The standard InChI is InChI=1S/C16H22F3N3O/c1-3-21-8-10-22(11-9-21)12(2)15(23)20-14-7-5-4-6-13(14)16(17,18)19/h4-7,12H,3,8-11H2,1-2H3,(H,20,23). The molecule has 1 aromatic carbocycles. The molecule has 23 heavy (non-hydrogen) atoms. The number of nitrogens with one attached hydrogen (secondary N) is 1. The average Bonchev–Trinajstić information content (AvgIpc) is 2.53. The van der Waals surface area contributed by atoms with Crippen LogP contribution in [0.1, 0.15) is 19.4 Å². The number of carbonyl (C=O) groups is 1. The molecule has 128 valence electrons. The van der Waals surface area contributed by atoms with Gasteiger partial charge in [0.15, 0.2) is 0 Å². The zero-order chi connectivity index (χ0) is 17.0. The van der Waals surface area contributed by atoms with E-state index >= 15 is 0 Å². The fourth-order valence-electron chi connectivity index (χ4n) is 2.71. The van der Waals surface area contributed by atoms with E-state index in [2.05, 4.69) is 17.1 Å². The fraction of sp³-hybridized carbons (Fsp3) is 0.562. The van der Waals surface area contributed by atoms with Gasteiger partial charge in [-0.2, -0.15) is 13.2 Å². The van der Waals surface area contributed by atoms with Crippen molar-refractivity contribution in [3.63, 3.8) is 0 Å². The smallest absolute Gasteiger partial charge is 0.324 e. The summed E-state index contributed by atoms with van der Waals surface area (Å²) < 4.78 is 38.9. The molecule has 1 aliphatic rings. The monoisotopic (exact) mass is 329 g/mol. The van der Waals surface area contributed by atoms with Crippen LogP contribution in [0.3, 0.4) is 0 Å². The third-order valence-corrected chi connectivity index (χ3v) is 4.27. The van der Waals surface area contributed by atoms with Gasteiger partial charge in [0.1, 0.15) is 0 Å². The highest BCUT2D eigenvalue weighted by molar-refractivity contribution is 5.95. The maximum atomic E-state index is 13.0. The Bertz CT molecular complexity index is 540. The molecule has 4 nitrogen and oxygen atoms in total. The number of amides is 1. The lowest BCUT2D eigenvalue weighted by Gasteiger charge is -2.37. The van der Waals surface area contributed by atoms with Gasteiger partial charge in [0.2, 0.25) is 5.91 Å². The quantitative estimate of drug-likeness (QED) is 0.922. The van der Waals surface area contributed by atoms with E-state index in [4.69, 9.17) is 0 Å². The Labute approximate surface area is 134 Å². The molecule has 0 spiro atoms. The number of benzene rings is 1. The lowest BCUT2D eigenvalue weighted by atomic mass is 10.1. The van der Waals surface area contributed by atoms with Gasteiger partial charge >= 0.3 is 6.18 Å². The van der Waals surface area contributed by atoms with Gasteiger partial charge in [-0.3, -0.25) is 9.69 Å². The maximum absolute atomic E-state index is 13.0. The van der Waals surface area contributed by atoms with E-state index in [1.807, 2.05) is 4.90 Å². The van der Waals surface area contributed by atoms with E-state index in [1.54, 1.807) is 6.92 Å². The molecule has 7 heteroatoms. The van der Waals surface area contributed by atoms with Crippen LogP contribution < -0.4 is 5.32 Å². The minimum atomic E-state index is -4.49. The number of para-hydroxylation sites is 1. The highest BCUT2D eigenvalue weighted by Crippen LogP contribution is 2.34. The lowest BCUT2D eigenvalue weighted by molar-refractivity contribution is -0.137. The molecule has 1 heterocycles. The topological polar surface area (TPSA) is 35.6 Å². The number of rotatable bonds is 4. The first-order valence-electron chi connectivity index (χ1n) is 7.76. The normalized spacial score (nSPS) is 18.7. The van der Waals surface area contributed by atoms with Crippen molar-refractivity contribution in [2.45, 2.75) is 26.1 Å². The molecule has 1 fully saturated rings. The Hall–Kier alpha value is -1.60. The summed E-state index contributed by atoms with van der Waals surface area (Å²) >= 11 is 0. The van der Waals surface area contributed by atoms with Crippen LogP contribution in [0.15, 0.2) is 24.3 Å². The molecular formula is C16H22F3N3O. The van der Waals surface area contributed by atoms with E-state index < -0.39 is 23.7 Å². The minimum absolute atomic E-state index is 0.191. The number of carbonyl (C=O) groups excluding carboxylic acids is 1. The summed E-state index contributed by atoms with van der Waals surface area (Å²) in [6, 6.07) is 4.58. The molecule has 1 aromatic rings. The molecule has 1 aliphatic heterocycles. The number of hydrogen-bond donors (Lipinski definition) is 1.